The topological polar surface area (TPSA) is 0 Å². The predicted octanol–water partition coefficient (Wildman–Crippen LogP) is 14.0. The first-order valence-corrected chi connectivity index (χ1v) is 34.4. The van der Waals surface area contributed by atoms with Gasteiger partial charge in [-0.15, -0.1) is 0 Å². The van der Waals surface area contributed by atoms with E-state index in [1.807, 2.05) is 0 Å². The fourth-order valence-electron chi connectivity index (χ4n) is 12.0. The molecule has 9 rings (SSSR count). The molecule has 2 atom stereocenters. The summed E-state index contributed by atoms with van der Waals surface area (Å²) < 4.78 is 1.17. The summed E-state index contributed by atoms with van der Waals surface area (Å²) in [6.45, 7) is 18.2. The van der Waals surface area contributed by atoms with Crippen LogP contribution in [0.2, 0.25) is 0 Å². The molecule has 2 aliphatic carbocycles. The molecule has 0 spiro atoms. The first-order valence-electron chi connectivity index (χ1n) is 22.6. The Balaban J connectivity index is 1.40. The van der Waals surface area contributed by atoms with Crippen molar-refractivity contribution >= 4 is 52.3 Å². The van der Waals surface area contributed by atoms with E-state index in [2.05, 4.69) is 171 Å². The molecule has 0 fully saturated rings. The number of hydrogen-bond donors (Lipinski definition) is 0. The standard InChI is InChI=1S/2C22H25.C12H9Si.2ClH.Zr/c2*1-5-7-17-13-19-9-8-18(6-2)22(21(19)14-17)20-11-15(3)10-16(4)12-20;1-3-7-11-9(5-1)10-6-2-4-8-12(10)13-11;;;/h2*8-14H,5-7H2,1-4H3;1-7H,13H2;2*1H;/q;;;;;+2/p-2. The average molecular weight is 922 g/mol. The molecule has 0 aromatic heterocycles. The first-order chi connectivity index (χ1) is 28.9. The van der Waals surface area contributed by atoms with E-state index < -0.39 is 25.9 Å². The summed E-state index contributed by atoms with van der Waals surface area (Å²) in [6.07, 6.45) is 11.1. The summed E-state index contributed by atoms with van der Waals surface area (Å²) in [5.74, 6) is 0. The van der Waals surface area contributed by atoms with E-state index in [4.69, 9.17) is 0 Å². The number of halogens is 2. The van der Waals surface area contributed by atoms with Crippen LogP contribution in [-0.2, 0) is 29.2 Å². The summed E-state index contributed by atoms with van der Waals surface area (Å²) in [5, 5.41) is 2.99. The van der Waals surface area contributed by atoms with Crippen molar-refractivity contribution < 1.29 is 16.4 Å². The minimum atomic E-state index is -5.64. The van der Waals surface area contributed by atoms with E-state index in [0.717, 1.165) is 38.5 Å². The van der Waals surface area contributed by atoms with Gasteiger partial charge in [0.05, 0.1) is 0 Å². The zero-order valence-corrected chi connectivity index (χ0v) is 42.2. The molecule has 6 aromatic rings. The third-order valence-corrected chi connectivity index (χ3v) is 36.8. The van der Waals surface area contributed by atoms with Crippen molar-refractivity contribution in [2.75, 3.05) is 0 Å². The van der Waals surface area contributed by atoms with Crippen LogP contribution in [0.25, 0.3) is 45.5 Å². The van der Waals surface area contributed by atoms with Gasteiger partial charge in [-0.25, -0.2) is 0 Å². The molecule has 4 heteroatoms. The Morgan fingerprint density at radius 2 is 1.00 bits per heavy atom. The van der Waals surface area contributed by atoms with Crippen molar-refractivity contribution in [3.8, 4) is 33.4 Å². The number of fused-ring (bicyclic) bond motifs is 5. The van der Waals surface area contributed by atoms with Gasteiger partial charge in [0.2, 0.25) is 0 Å². The summed E-state index contributed by atoms with van der Waals surface area (Å²) in [7, 11) is 18.0. The molecule has 1 aliphatic heterocycles. The van der Waals surface area contributed by atoms with Gasteiger partial charge in [0.15, 0.2) is 0 Å². The molecule has 1 heterocycles. The Kier molecular flexibility index (Phi) is 11.1. The van der Waals surface area contributed by atoms with Gasteiger partial charge in [0.25, 0.3) is 0 Å². The Labute approximate surface area is 370 Å². The SMILES string of the molecule is CCCC1=Cc2c(ccc(CC)c2-c2cc(C)cc(C)c2)[CH]1[Zr]([Cl])([Cl])([c]1cccc2c1[SiH2]c1ccccc1-2)[CH]1C(CCC)=Cc2c1ccc(CC)c2-c1cc(C)cc(C)c1. The third-order valence-electron chi connectivity index (χ3n) is 14.0. The van der Waals surface area contributed by atoms with Crippen molar-refractivity contribution in [2.24, 2.45) is 0 Å². The molecule has 6 aromatic carbocycles. The quantitative estimate of drug-likeness (QED) is 0.113. The fourth-order valence-corrected chi connectivity index (χ4v) is 39.9. The van der Waals surface area contributed by atoms with Crippen molar-refractivity contribution in [1.82, 2.24) is 0 Å². The van der Waals surface area contributed by atoms with E-state index in [1.54, 1.807) is 0 Å². The van der Waals surface area contributed by atoms with Crippen LogP contribution in [0, 0.1) is 27.7 Å². The van der Waals surface area contributed by atoms with Gasteiger partial charge in [-0.2, -0.15) is 0 Å². The monoisotopic (exact) mass is 919 g/mol. The number of benzene rings is 6. The van der Waals surface area contributed by atoms with Crippen molar-refractivity contribution in [2.45, 2.75) is 101 Å². The summed E-state index contributed by atoms with van der Waals surface area (Å²) in [6, 6.07) is 40.1. The maximum atomic E-state index is 9.44. The zero-order chi connectivity index (χ0) is 42.1. The summed E-state index contributed by atoms with van der Waals surface area (Å²) in [5.41, 5.74) is 24.3. The van der Waals surface area contributed by atoms with Crippen LogP contribution in [0.1, 0.15) is 116 Å². The molecule has 60 heavy (non-hydrogen) atoms. The molecule has 0 bridgehead atoms. The van der Waals surface area contributed by atoms with Gasteiger partial charge >= 0.3 is 373 Å². The van der Waals surface area contributed by atoms with E-state index >= 15 is 0 Å². The van der Waals surface area contributed by atoms with E-state index in [9.17, 15) is 17.0 Å². The van der Waals surface area contributed by atoms with Gasteiger partial charge in [-0.05, 0) is 0 Å². The molecule has 3 aliphatic rings. The number of hydrogen-bond acceptors (Lipinski definition) is 0. The minimum absolute atomic E-state index is 0.0729. The molecule has 2 unspecified atom stereocenters. The third kappa shape index (κ3) is 6.61. The van der Waals surface area contributed by atoms with Crippen LogP contribution in [0.3, 0.4) is 0 Å². The Morgan fingerprint density at radius 3 is 1.47 bits per heavy atom. The second-order valence-electron chi connectivity index (χ2n) is 18.3. The van der Waals surface area contributed by atoms with Gasteiger partial charge in [-0.1, -0.05) is 0 Å². The van der Waals surface area contributed by atoms with Gasteiger partial charge in [-0.3, -0.25) is 0 Å². The van der Waals surface area contributed by atoms with Crippen LogP contribution in [0.15, 0.2) is 114 Å². The van der Waals surface area contributed by atoms with Crippen LogP contribution < -0.4 is 13.6 Å². The molecule has 0 saturated heterocycles. The Hall–Kier alpha value is -3.52. The molecule has 0 nitrogen and oxygen atoms in total. The molecular formula is C56H59Cl2SiZr. The van der Waals surface area contributed by atoms with E-state index in [-0.39, 0.29) is 7.25 Å². The summed E-state index contributed by atoms with van der Waals surface area (Å²) in [4.78, 5) is 0. The van der Waals surface area contributed by atoms with Crippen molar-refractivity contribution in [3.63, 3.8) is 0 Å². The van der Waals surface area contributed by atoms with Crippen LogP contribution in [-0.4, -0.2) is 9.52 Å². The van der Waals surface area contributed by atoms with Crippen molar-refractivity contribution in [1.29, 1.82) is 0 Å². The molecule has 305 valence electrons. The average Bonchev–Trinajstić information content (AvgIpc) is 3.91. The molecular weight excluding hydrogens is 863 g/mol. The van der Waals surface area contributed by atoms with Crippen LogP contribution in [0.5, 0.6) is 0 Å². The Morgan fingerprint density at radius 1 is 0.533 bits per heavy atom. The van der Waals surface area contributed by atoms with Crippen LogP contribution >= 0.6 is 17.0 Å². The second-order valence-corrected chi connectivity index (χ2v) is 40.7. The predicted molar refractivity (Wildman–Crippen MR) is 264 cm³/mol. The number of aryl methyl sites for hydroxylation is 6. The van der Waals surface area contributed by atoms with Crippen LogP contribution in [0.4, 0.5) is 0 Å². The normalized spacial score (nSPS) is 17.5. The zero-order valence-electron chi connectivity index (χ0n) is 36.8. The molecule has 0 N–H and O–H groups in total. The van der Waals surface area contributed by atoms with Gasteiger partial charge in [0.1, 0.15) is 0 Å². The van der Waals surface area contributed by atoms with E-state index in [1.165, 1.54) is 114 Å². The molecule has 0 saturated carbocycles. The molecule has 0 amide bonds. The first kappa shape index (κ1) is 41.8. The fraction of sp³-hybridized carbons (Fsp3) is 0.286. The van der Waals surface area contributed by atoms with Gasteiger partial charge < -0.3 is 0 Å². The number of rotatable bonds is 11. The Bertz CT molecular complexity index is 2610. The molecule has 0 radical (unpaired) electrons. The maximum absolute atomic E-state index is 9.44. The second kappa shape index (κ2) is 16.0. The van der Waals surface area contributed by atoms with E-state index in [0.29, 0.717) is 0 Å². The van der Waals surface area contributed by atoms with Gasteiger partial charge in [0, 0.05) is 0 Å². The number of allylic oxidation sites excluding steroid dienone is 2. The summed E-state index contributed by atoms with van der Waals surface area (Å²) >= 11 is -5.64. The van der Waals surface area contributed by atoms with Crippen molar-refractivity contribution in [3.05, 3.63) is 170 Å².